The average Bonchev–Trinajstić information content (AvgIpc) is 3.10. The lowest BCUT2D eigenvalue weighted by Gasteiger charge is -2.06. The van der Waals surface area contributed by atoms with Gasteiger partial charge in [0.15, 0.2) is 0 Å². The van der Waals surface area contributed by atoms with Gasteiger partial charge in [0.2, 0.25) is 0 Å². The van der Waals surface area contributed by atoms with Crippen LogP contribution < -0.4 is 10.9 Å². The Kier molecular flexibility index (Phi) is 6.53. The second-order valence-corrected chi connectivity index (χ2v) is 7.88. The van der Waals surface area contributed by atoms with Crippen molar-refractivity contribution in [3.63, 3.8) is 0 Å². The molecule has 0 radical (unpaired) electrons. The number of rotatable bonds is 5. The Balaban J connectivity index is 1.77. The summed E-state index contributed by atoms with van der Waals surface area (Å²) in [4.78, 5) is 36.7. The Hall–Kier alpha value is -2.87. The van der Waals surface area contributed by atoms with E-state index in [0.717, 1.165) is 16.9 Å². The van der Waals surface area contributed by atoms with Crippen LogP contribution in [0.15, 0.2) is 54.6 Å². The van der Waals surface area contributed by atoms with E-state index in [1.807, 2.05) is 0 Å². The van der Waals surface area contributed by atoms with E-state index in [1.165, 1.54) is 18.2 Å². The molecule has 0 aliphatic carbocycles. The average molecular weight is 449 g/mol. The lowest BCUT2D eigenvalue weighted by molar-refractivity contribution is -0.136. The third-order valence-electron chi connectivity index (χ3n) is 3.88. The fourth-order valence-corrected chi connectivity index (χ4v) is 3.86. The molecule has 3 aromatic rings. The maximum atomic E-state index is 12.5. The zero-order valence-corrected chi connectivity index (χ0v) is 17.1. The minimum Gasteiger partial charge on any atom is -0.481 e. The van der Waals surface area contributed by atoms with E-state index in [-0.39, 0.29) is 11.3 Å². The molecule has 0 unspecified atom stereocenters. The zero-order valence-electron chi connectivity index (χ0n) is 14.7. The largest absolute Gasteiger partial charge is 0.481 e. The molecule has 0 spiro atoms. The van der Waals surface area contributed by atoms with Crippen LogP contribution in [0.3, 0.4) is 0 Å². The van der Waals surface area contributed by atoms with Gasteiger partial charge in [0, 0.05) is 20.5 Å². The quantitative estimate of drug-likeness (QED) is 0.503. The molecule has 0 aliphatic rings. The van der Waals surface area contributed by atoms with Crippen molar-refractivity contribution < 1.29 is 19.5 Å². The molecule has 6 nitrogen and oxygen atoms in total. The minimum absolute atomic E-state index is 0.237. The number of halogens is 2. The van der Waals surface area contributed by atoms with E-state index in [9.17, 15) is 14.4 Å². The molecule has 3 rings (SSSR count). The standard InChI is InChI=1S/C20H14Cl2N2O4S/c21-14-5-1-11(2-6-14)18-13(10-17(25)26)9-16(29-18)20(28)24-23-19(27)12-3-7-15(22)8-4-12/h1-9H,10H2,(H,23,27)(H,24,28)(H,25,26). The third kappa shape index (κ3) is 5.35. The van der Waals surface area contributed by atoms with Crippen LogP contribution in [-0.4, -0.2) is 22.9 Å². The van der Waals surface area contributed by atoms with Gasteiger partial charge in [0.25, 0.3) is 11.8 Å². The summed E-state index contributed by atoms with van der Waals surface area (Å²) in [6.45, 7) is 0. The van der Waals surface area contributed by atoms with Crippen LogP contribution in [0.4, 0.5) is 0 Å². The molecular weight excluding hydrogens is 435 g/mol. The summed E-state index contributed by atoms with van der Waals surface area (Å²) in [7, 11) is 0. The van der Waals surface area contributed by atoms with Gasteiger partial charge >= 0.3 is 5.97 Å². The molecular formula is C20H14Cl2N2O4S. The second-order valence-electron chi connectivity index (χ2n) is 5.96. The summed E-state index contributed by atoms with van der Waals surface area (Å²) < 4.78 is 0. The number of carboxylic acid groups (broad SMARTS) is 1. The molecule has 0 fully saturated rings. The van der Waals surface area contributed by atoms with Crippen LogP contribution in [0.2, 0.25) is 10.0 Å². The van der Waals surface area contributed by atoms with Crippen LogP contribution >= 0.6 is 34.5 Å². The Morgan fingerprint density at radius 2 is 1.41 bits per heavy atom. The highest BCUT2D eigenvalue weighted by molar-refractivity contribution is 7.17. The minimum atomic E-state index is -1.01. The number of carbonyl (C=O) groups excluding carboxylic acids is 2. The number of amides is 2. The first-order valence-electron chi connectivity index (χ1n) is 8.30. The van der Waals surface area contributed by atoms with E-state index >= 15 is 0 Å². The fraction of sp³-hybridized carbons (Fsp3) is 0.0500. The number of benzene rings is 2. The lowest BCUT2D eigenvalue weighted by atomic mass is 10.1. The van der Waals surface area contributed by atoms with Gasteiger partial charge in [-0.3, -0.25) is 25.2 Å². The van der Waals surface area contributed by atoms with Gasteiger partial charge < -0.3 is 5.11 Å². The molecule has 0 saturated carbocycles. The van der Waals surface area contributed by atoms with E-state index in [0.29, 0.717) is 26.0 Å². The number of nitrogens with one attached hydrogen (secondary N) is 2. The van der Waals surface area contributed by atoms with Crippen molar-refractivity contribution in [2.75, 3.05) is 0 Å². The van der Waals surface area contributed by atoms with E-state index < -0.39 is 17.8 Å². The number of thiophene rings is 1. The number of aliphatic carboxylic acids is 1. The van der Waals surface area contributed by atoms with Crippen LogP contribution in [0.5, 0.6) is 0 Å². The fourth-order valence-electron chi connectivity index (χ4n) is 2.53. The monoisotopic (exact) mass is 448 g/mol. The molecule has 29 heavy (non-hydrogen) atoms. The molecule has 3 N–H and O–H groups in total. The van der Waals surface area contributed by atoms with Gasteiger partial charge in [0.1, 0.15) is 0 Å². The summed E-state index contributed by atoms with van der Waals surface area (Å²) in [5, 5.41) is 10.2. The second kappa shape index (κ2) is 9.09. The summed E-state index contributed by atoms with van der Waals surface area (Å²) in [6.07, 6.45) is -0.237. The van der Waals surface area contributed by atoms with E-state index in [2.05, 4.69) is 10.9 Å². The van der Waals surface area contributed by atoms with Crippen molar-refractivity contribution in [3.05, 3.63) is 80.6 Å². The third-order valence-corrected chi connectivity index (χ3v) is 5.61. The first kappa shape index (κ1) is 20.9. The Labute approximate surface area is 180 Å². The molecule has 2 amide bonds. The van der Waals surface area contributed by atoms with Crippen molar-refractivity contribution in [1.82, 2.24) is 10.9 Å². The molecule has 0 atom stereocenters. The topological polar surface area (TPSA) is 95.5 Å². The summed E-state index contributed by atoms with van der Waals surface area (Å²) in [6, 6.07) is 14.6. The normalized spacial score (nSPS) is 10.4. The van der Waals surface area contributed by atoms with Crippen LogP contribution in [-0.2, 0) is 11.2 Å². The van der Waals surface area contributed by atoms with Gasteiger partial charge in [-0.05, 0) is 53.6 Å². The highest BCUT2D eigenvalue weighted by atomic mass is 35.5. The van der Waals surface area contributed by atoms with Gasteiger partial charge in [0.05, 0.1) is 11.3 Å². The highest BCUT2D eigenvalue weighted by Gasteiger charge is 2.18. The van der Waals surface area contributed by atoms with Gasteiger partial charge in [-0.1, -0.05) is 35.3 Å². The molecule has 1 heterocycles. The lowest BCUT2D eigenvalue weighted by Crippen LogP contribution is -2.41. The zero-order chi connectivity index (χ0) is 21.0. The molecule has 1 aromatic heterocycles. The Bertz CT molecular complexity index is 1060. The first-order chi connectivity index (χ1) is 13.8. The van der Waals surface area contributed by atoms with Crippen molar-refractivity contribution >= 4 is 52.3 Å². The predicted octanol–water partition coefficient (Wildman–Crippen LogP) is 4.42. The van der Waals surface area contributed by atoms with Crippen LogP contribution in [0.25, 0.3) is 10.4 Å². The molecule has 0 aliphatic heterocycles. The summed E-state index contributed by atoms with van der Waals surface area (Å²) in [5.41, 5.74) is 6.24. The van der Waals surface area contributed by atoms with Gasteiger partial charge in [-0.25, -0.2) is 0 Å². The molecule has 148 valence electrons. The molecule has 0 saturated heterocycles. The van der Waals surface area contributed by atoms with Crippen molar-refractivity contribution in [2.45, 2.75) is 6.42 Å². The summed E-state index contributed by atoms with van der Waals surface area (Å²) in [5.74, 6) is -2.07. The van der Waals surface area contributed by atoms with Crippen LogP contribution in [0.1, 0.15) is 25.6 Å². The number of hydrogen-bond donors (Lipinski definition) is 3. The Morgan fingerprint density at radius 3 is 2.00 bits per heavy atom. The predicted molar refractivity (Wildman–Crippen MR) is 112 cm³/mol. The van der Waals surface area contributed by atoms with Gasteiger partial charge in [-0.15, -0.1) is 11.3 Å². The number of hydrogen-bond acceptors (Lipinski definition) is 4. The summed E-state index contributed by atoms with van der Waals surface area (Å²) >= 11 is 12.8. The van der Waals surface area contributed by atoms with Crippen molar-refractivity contribution in [1.29, 1.82) is 0 Å². The van der Waals surface area contributed by atoms with E-state index in [4.69, 9.17) is 28.3 Å². The number of carboxylic acids is 1. The number of carbonyl (C=O) groups is 3. The number of hydrazine groups is 1. The molecule has 2 aromatic carbocycles. The smallest absolute Gasteiger partial charge is 0.307 e. The maximum Gasteiger partial charge on any atom is 0.307 e. The van der Waals surface area contributed by atoms with Crippen molar-refractivity contribution in [3.8, 4) is 10.4 Å². The van der Waals surface area contributed by atoms with Crippen molar-refractivity contribution in [2.24, 2.45) is 0 Å². The van der Waals surface area contributed by atoms with Gasteiger partial charge in [-0.2, -0.15) is 0 Å². The van der Waals surface area contributed by atoms with E-state index in [1.54, 1.807) is 36.4 Å². The SMILES string of the molecule is O=C(O)Cc1cc(C(=O)NNC(=O)c2ccc(Cl)cc2)sc1-c1ccc(Cl)cc1. The first-order valence-corrected chi connectivity index (χ1v) is 9.87. The Morgan fingerprint density at radius 1 is 0.862 bits per heavy atom. The maximum absolute atomic E-state index is 12.5. The van der Waals surface area contributed by atoms with Crippen LogP contribution in [0, 0.1) is 0 Å². The molecule has 0 bridgehead atoms. The highest BCUT2D eigenvalue weighted by Crippen LogP contribution is 2.34. The molecule has 9 heteroatoms.